The number of alkyl halides is 3. The number of nitrogens with one attached hydrogen (secondary N) is 1. The Hall–Kier alpha value is -1.50. The van der Waals surface area contributed by atoms with Gasteiger partial charge in [-0.05, 0) is 6.07 Å². The van der Waals surface area contributed by atoms with Crippen LogP contribution in [0.4, 0.5) is 19.0 Å². The first-order chi connectivity index (χ1) is 7.29. The molecule has 1 rings (SSSR count). The van der Waals surface area contributed by atoms with Crippen LogP contribution in [0.3, 0.4) is 0 Å². The number of carboxylic acid groups (broad SMARTS) is 1. The van der Waals surface area contributed by atoms with E-state index in [-0.39, 0.29) is 16.4 Å². The first-order valence-electron chi connectivity index (χ1n) is 3.99. The van der Waals surface area contributed by atoms with E-state index in [0.717, 1.165) is 12.3 Å². The van der Waals surface area contributed by atoms with Crippen molar-refractivity contribution in [2.45, 2.75) is 6.18 Å². The summed E-state index contributed by atoms with van der Waals surface area (Å²) in [5.74, 6) is -1.46. The van der Waals surface area contributed by atoms with E-state index in [1.54, 1.807) is 0 Å². The second-order valence-corrected chi connectivity index (χ2v) is 3.24. The smallest absolute Gasteiger partial charge is 0.405 e. The molecular formula is C8H6ClF3N2O2. The summed E-state index contributed by atoms with van der Waals surface area (Å²) in [6.07, 6.45) is -3.47. The Kier molecular flexibility index (Phi) is 3.58. The molecule has 1 aromatic heterocycles. The molecule has 0 fully saturated rings. The number of anilines is 1. The number of nitrogens with zero attached hydrogens (tertiary/aromatic N) is 1. The van der Waals surface area contributed by atoms with Crippen LogP contribution >= 0.6 is 11.6 Å². The number of carboxylic acids is 1. The van der Waals surface area contributed by atoms with E-state index in [2.05, 4.69) is 4.98 Å². The van der Waals surface area contributed by atoms with Crippen LogP contribution in [0.1, 0.15) is 10.4 Å². The molecule has 0 aliphatic carbocycles. The van der Waals surface area contributed by atoms with Gasteiger partial charge in [-0.2, -0.15) is 13.2 Å². The Bertz CT molecular complexity index is 409. The molecule has 1 heterocycles. The second kappa shape index (κ2) is 4.56. The highest BCUT2D eigenvalue weighted by atomic mass is 35.5. The normalized spacial score (nSPS) is 11.2. The molecule has 0 atom stereocenters. The minimum atomic E-state index is -4.39. The zero-order chi connectivity index (χ0) is 12.3. The molecule has 16 heavy (non-hydrogen) atoms. The highest BCUT2D eigenvalue weighted by Crippen LogP contribution is 2.22. The molecule has 0 spiro atoms. The highest BCUT2D eigenvalue weighted by molar-refractivity contribution is 6.33. The SMILES string of the molecule is O=C(O)c1cnc(NCC(F)(F)F)c(Cl)c1. The van der Waals surface area contributed by atoms with Gasteiger partial charge < -0.3 is 10.4 Å². The molecule has 0 radical (unpaired) electrons. The molecule has 88 valence electrons. The summed E-state index contributed by atoms with van der Waals surface area (Å²) in [5, 5.41) is 10.3. The monoisotopic (exact) mass is 254 g/mol. The molecule has 1 aromatic rings. The van der Waals surface area contributed by atoms with Crippen molar-refractivity contribution in [3.8, 4) is 0 Å². The predicted molar refractivity (Wildman–Crippen MR) is 50.8 cm³/mol. The molecule has 0 unspecified atom stereocenters. The van der Waals surface area contributed by atoms with Gasteiger partial charge in [0, 0.05) is 6.20 Å². The van der Waals surface area contributed by atoms with Crippen molar-refractivity contribution in [1.82, 2.24) is 4.98 Å². The Labute approximate surface area is 93.1 Å². The lowest BCUT2D eigenvalue weighted by molar-refractivity contribution is -0.115. The van der Waals surface area contributed by atoms with Gasteiger partial charge in [-0.3, -0.25) is 0 Å². The maximum atomic E-state index is 11.9. The third-order valence-corrected chi connectivity index (χ3v) is 1.83. The van der Waals surface area contributed by atoms with Crippen molar-refractivity contribution in [3.05, 3.63) is 22.8 Å². The summed E-state index contributed by atoms with van der Waals surface area (Å²) < 4.78 is 35.6. The van der Waals surface area contributed by atoms with E-state index in [9.17, 15) is 18.0 Å². The van der Waals surface area contributed by atoms with E-state index in [1.165, 1.54) is 0 Å². The van der Waals surface area contributed by atoms with Gasteiger partial charge in [0.2, 0.25) is 0 Å². The highest BCUT2D eigenvalue weighted by Gasteiger charge is 2.27. The fourth-order valence-electron chi connectivity index (χ4n) is 0.869. The quantitative estimate of drug-likeness (QED) is 0.869. The van der Waals surface area contributed by atoms with E-state index >= 15 is 0 Å². The molecule has 4 nitrogen and oxygen atoms in total. The van der Waals surface area contributed by atoms with Crippen LogP contribution in [0.25, 0.3) is 0 Å². The molecule has 0 saturated carbocycles. The number of hydrogen-bond donors (Lipinski definition) is 2. The first-order valence-corrected chi connectivity index (χ1v) is 4.37. The van der Waals surface area contributed by atoms with Crippen molar-refractivity contribution < 1.29 is 23.1 Å². The molecule has 0 aliphatic heterocycles. The van der Waals surface area contributed by atoms with Gasteiger partial charge in [-0.25, -0.2) is 9.78 Å². The summed E-state index contributed by atoms with van der Waals surface area (Å²) in [6.45, 7) is -1.29. The van der Waals surface area contributed by atoms with E-state index < -0.39 is 18.7 Å². The number of aromatic nitrogens is 1. The lowest BCUT2D eigenvalue weighted by atomic mass is 10.3. The second-order valence-electron chi connectivity index (χ2n) is 2.83. The molecule has 0 saturated heterocycles. The Morgan fingerprint density at radius 1 is 1.56 bits per heavy atom. The fraction of sp³-hybridized carbons (Fsp3) is 0.250. The Balaban J connectivity index is 2.80. The predicted octanol–water partition coefficient (Wildman–Crippen LogP) is 2.41. The zero-order valence-corrected chi connectivity index (χ0v) is 8.43. The number of rotatable bonds is 3. The molecule has 0 bridgehead atoms. The number of pyridine rings is 1. The van der Waals surface area contributed by atoms with Crippen LogP contribution in [0.5, 0.6) is 0 Å². The molecule has 0 aliphatic rings. The topological polar surface area (TPSA) is 62.2 Å². The summed E-state index contributed by atoms with van der Waals surface area (Å²) in [7, 11) is 0. The van der Waals surface area contributed by atoms with E-state index in [0.29, 0.717) is 0 Å². The van der Waals surface area contributed by atoms with Gasteiger partial charge >= 0.3 is 12.1 Å². The molecule has 0 aromatic carbocycles. The number of hydrogen-bond acceptors (Lipinski definition) is 3. The van der Waals surface area contributed by atoms with Crippen LogP contribution < -0.4 is 5.32 Å². The minimum absolute atomic E-state index is 0.177. The molecule has 8 heteroatoms. The maximum absolute atomic E-state index is 11.9. The van der Waals surface area contributed by atoms with Crippen molar-refractivity contribution in [3.63, 3.8) is 0 Å². The molecule has 0 amide bonds. The number of aromatic carboxylic acids is 1. The summed E-state index contributed by atoms with van der Waals surface area (Å²) in [6, 6.07) is 1.02. The molecule has 2 N–H and O–H groups in total. The van der Waals surface area contributed by atoms with Crippen LogP contribution in [0.2, 0.25) is 5.02 Å². The van der Waals surface area contributed by atoms with Gasteiger partial charge in [0.15, 0.2) is 0 Å². The fourth-order valence-corrected chi connectivity index (χ4v) is 1.10. The van der Waals surface area contributed by atoms with Crippen LogP contribution in [-0.4, -0.2) is 28.8 Å². The minimum Gasteiger partial charge on any atom is -0.478 e. The van der Waals surface area contributed by atoms with Crippen molar-refractivity contribution in [2.75, 3.05) is 11.9 Å². The van der Waals surface area contributed by atoms with Crippen molar-refractivity contribution in [1.29, 1.82) is 0 Å². The average molecular weight is 255 g/mol. The Morgan fingerprint density at radius 3 is 2.62 bits per heavy atom. The number of halogens is 4. The third-order valence-electron chi connectivity index (χ3n) is 1.54. The largest absolute Gasteiger partial charge is 0.478 e. The van der Waals surface area contributed by atoms with Crippen LogP contribution in [-0.2, 0) is 0 Å². The third kappa shape index (κ3) is 3.58. The lowest BCUT2D eigenvalue weighted by Gasteiger charge is -2.10. The van der Waals surface area contributed by atoms with Crippen molar-refractivity contribution >= 4 is 23.4 Å². The standard InChI is InChI=1S/C8H6ClF3N2O2/c9-5-1-4(7(15)16)2-13-6(5)14-3-8(10,11)12/h1-2H,3H2,(H,13,14)(H,15,16). The van der Waals surface area contributed by atoms with Gasteiger partial charge in [-0.15, -0.1) is 0 Å². The summed E-state index contributed by atoms with van der Waals surface area (Å²) in [4.78, 5) is 14.0. The van der Waals surface area contributed by atoms with Crippen LogP contribution in [0, 0.1) is 0 Å². The van der Waals surface area contributed by atoms with Gasteiger partial charge in [0.1, 0.15) is 12.4 Å². The number of carbonyl (C=O) groups is 1. The first kappa shape index (κ1) is 12.6. The van der Waals surface area contributed by atoms with Crippen molar-refractivity contribution in [2.24, 2.45) is 0 Å². The summed E-state index contributed by atoms with van der Waals surface area (Å²) in [5.41, 5.74) is -0.192. The summed E-state index contributed by atoms with van der Waals surface area (Å²) >= 11 is 5.55. The molecular weight excluding hydrogens is 249 g/mol. The van der Waals surface area contributed by atoms with E-state index in [4.69, 9.17) is 16.7 Å². The lowest BCUT2D eigenvalue weighted by Crippen LogP contribution is -2.22. The average Bonchev–Trinajstić information content (AvgIpc) is 2.14. The maximum Gasteiger partial charge on any atom is 0.405 e. The Morgan fingerprint density at radius 2 is 2.19 bits per heavy atom. The van der Waals surface area contributed by atoms with Crippen LogP contribution in [0.15, 0.2) is 12.3 Å². The zero-order valence-electron chi connectivity index (χ0n) is 7.68. The van der Waals surface area contributed by atoms with E-state index in [1.807, 2.05) is 5.32 Å². The van der Waals surface area contributed by atoms with Gasteiger partial charge in [-0.1, -0.05) is 11.6 Å². The van der Waals surface area contributed by atoms with Gasteiger partial charge in [0.05, 0.1) is 10.6 Å². The van der Waals surface area contributed by atoms with Gasteiger partial charge in [0.25, 0.3) is 0 Å².